The van der Waals surface area contributed by atoms with Crippen molar-refractivity contribution >= 4 is 18.2 Å². The summed E-state index contributed by atoms with van der Waals surface area (Å²) in [5, 5.41) is 9.58. The fraction of sp³-hybridized carbons (Fsp3) is 0.571. The van der Waals surface area contributed by atoms with E-state index in [1.807, 2.05) is 30.7 Å². The van der Waals surface area contributed by atoms with Gasteiger partial charge in [0.1, 0.15) is 5.82 Å². The number of hydrogen-bond acceptors (Lipinski definition) is 6. The second-order valence-electron chi connectivity index (χ2n) is 8.45. The summed E-state index contributed by atoms with van der Waals surface area (Å²) in [7, 11) is 1.99. The van der Waals surface area contributed by atoms with Crippen LogP contribution >= 0.6 is 11.8 Å². The van der Waals surface area contributed by atoms with E-state index in [-0.39, 0.29) is 23.4 Å². The summed E-state index contributed by atoms with van der Waals surface area (Å²) >= 11 is 1.74. The third-order valence-corrected chi connectivity index (χ3v) is 7.66. The highest BCUT2D eigenvalue weighted by molar-refractivity contribution is 7.99. The zero-order valence-corrected chi connectivity index (χ0v) is 17.6. The summed E-state index contributed by atoms with van der Waals surface area (Å²) in [6.07, 6.45) is 3.73. The molecule has 1 saturated carbocycles. The lowest BCUT2D eigenvalue weighted by atomic mass is 9.95. The number of fused-ring (bicyclic) bond motifs is 1. The van der Waals surface area contributed by atoms with Gasteiger partial charge in [-0.2, -0.15) is 0 Å². The summed E-state index contributed by atoms with van der Waals surface area (Å²) in [4.78, 5) is 6.81. The molecule has 0 amide bonds. The summed E-state index contributed by atoms with van der Waals surface area (Å²) in [6, 6.07) is 7.21. The number of likely N-dealkylation sites (tertiary alicyclic amines) is 1. The van der Waals surface area contributed by atoms with Crippen LogP contribution in [0.4, 0.5) is 4.39 Å². The Kier molecular flexibility index (Phi) is 4.86. The molecule has 0 N–H and O–H groups in total. The molecule has 4 unspecified atom stereocenters. The van der Waals surface area contributed by atoms with Crippen molar-refractivity contribution in [2.45, 2.75) is 42.5 Å². The van der Waals surface area contributed by atoms with Gasteiger partial charge in [-0.25, -0.2) is 4.39 Å². The van der Waals surface area contributed by atoms with Gasteiger partial charge >= 0.3 is 0 Å². The van der Waals surface area contributed by atoms with E-state index < -0.39 is 0 Å². The molecule has 6 nitrogen and oxygen atoms in total. The zero-order valence-electron chi connectivity index (χ0n) is 16.8. The van der Waals surface area contributed by atoms with Gasteiger partial charge in [-0.15, -0.1) is 10.2 Å². The average Bonchev–Trinajstić information content (AvgIpc) is 3.02. The topological polar surface area (TPSA) is 55.5 Å². The van der Waals surface area contributed by atoms with Gasteiger partial charge in [0.05, 0.1) is 6.04 Å². The third-order valence-electron chi connectivity index (χ3n) is 6.55. The number of aliphatic imine (C=N–C) groups is 1. The predicted octanol–water partition coefficient (Wildman–Crippen LogP) is 3.20. The lowest BCUT2D eigenvalue weighted by Gasteiger charge is -2.21. The van der Waals surface area contributed by atoms with Crippen molar-refractivity contribution in [2.75, 3.05) is 25.4 Å². The number of hydrogen-bond donors (Lipinski definition) is 0. The van der Waals surface area contributed by atoms with E-state index in [1.165, 1.54) is 18.4 Å². The lowest BCUT2D eigenvalue weighted by molar-refractivity contribution is 0.194. The fourth-order valence-electron chi connectivity index (χ4n) is 4.80. The van der Waals surface area contributed by atoms with Crippen molar-refractivity contribution in [3.05, 3.63) is 41.5 Å². The largest absolute Gasteiger partial charge is 0.470 e. The van der Waals surface area contributed by atoms with Crippen molar-refractivity contribution in [2.24, 2.45) is 18.0 Å². The Balaban J connectivity index is 1.10. The summed E-state index contributed by atoms with van der Waals surface area (Å²) in [5.41, 5.74) is 1.58. The zero-order chi connectivity index (χ0) is 20.0. The SMILES string of the molecule is CC1N=COC1c1nnc(SCCCN2CC3CC3(c3ccc(F)cc3)C2)n1C. The van der Waals surface area contributed by atoms with Gasteiger partial charge in [-0.05, 0) is 49.9 Å². The maximum atomic E-state index is 13.2. The van der Waals surface area contributed by atoms with Gasteiger partial charge in [-0.3, -0.25) is 4.99 Å². The molecule has 1 saturated heterocycles. The van der Waals surface area contributed by atoms with Crippen LogP contribution in [0.2, 0.25) is 0 Å². The number of benzene rings is 1. The Morgan fingerprint density at radius 3 is 2.86 bits per heavy atom. The molecule has 8 heteroatoms. The van der Waals surface area contributed by atoms with Crippen LogP contribution in [-0.2, 0) is 17.2 Å². The van der Waals surface area contributed by atoms with Crippen LogP contribution in [0.15, 0.2) is 34.4 Å². The average molecular weight is 416 g/mol. The Morgan fingerprint density at radius 1 is 1.28 bits per heavy atom. The van der Waals surface area contributed by atoms with Crippen molar-refractivity contribution in [1.82, 2.24) is 19.7 Å². The quantitative estimate of drug-likeness (QED) is 0.514. The number of rotatable bonds is 7. The number of thioether (sulfide) groups is 1. The smallest absolute Gasteiger partial charge is 0.191 e. The van der Waals surface area contributed by atoms with Crippen LogP contribution in [0.5, 0.6) is 0 Å². The van der Waals surface area contributed by atoms with Crippen molar-refractivity contribution < 1.29 is 9.13 Å². The molecule has 4 atom stereocenters. The molecule has 1 aliphatic carbocycles. The number of ether oxygens (including phenoxy) is 1. The van der Waals surface area contributed by atoms with Crippen LogP contribution in [-0.4, -0.2) is 57.5 Å². The number of aromatic nitrogens is 3. The van der Waals surface area contributed by atoms with Gasteiger partial charge < -0.3 is 14.2 Å². The van der Waals surface area contributed by atoms with Crippen LogP contribution in [0, 0.1) is 11.7 Å². The Labute approximate surface area is 174 Å². The van der Waals surface area contributed by atoms with E-state index in [4.69, 9.17) is 4.74 Å². The molecule has 0 bridgehead atoms. The maximum absolute atomic E-state index is 13.2. The molecule has 29 heavy (non-hydrogen) atoms. The Bertz CT molecular complexity index is 916. The first-order chi connectivity index (χ1) is 14.1. The molecule has 154 valence electrons. The van der Waals surface area contributed by atoms with E-state index in [9.17, 15) is 4.39 Å². The molecule has 3 heterocycles. The van der Waals surface area contributed by atoms with Gasteiger partial charge in [0, 0.05) is 31.3 Å². The van der Waals surface area contributed by atoms with E-state index in [2.05, 4.69) is 20.1 Å². The molecular weight excluding hydrogens is 389 g/mol. The Morgan fingerprint density at radius 2 is 2.10 bits per heavy atom. The maximum Gasteiger partial charge on any atom is 0.191 e. The highest BCUT2D eigenvalue weighted by Gasteiger charge is 2.60. The van der Waals surface area contributed by atoms with Crippen LogP contribution < -0.4 is 0 Å². The molecule has 2 aliphatic heterocycles. The fourth-order valence-corrected chi connectivity index (χ4v) is 5.64. The van der Waals surface area contributed by atoms with Crippen LogP contribution in [0.3, 0.4) is 0 Å². The van der Waals surface area contributed by atoms with Gasteiger partial charge in [0.15, 0.2) is 23.5 Å². The number of piperidine rings is 1. The predicted molar refractivity (Wildman–Crippen MR) is 111 cm³/mol. The highest BCUT2D eigenvalue weighted by atomic mass is 32.2. The standard InChI is InChI=1S/C21H26FN5OS/c1-14-18(28-13-23-14)19-24-25-20(26(19)2)29-9-3-8-27-11-16-10-21(16,12-27)15-4-6-17(22)7-5-15/h4-7,13-14,16,18H,3,8-12H2,1-2H3. The molecule has 3 aliphatic rings. The van der Waals surface area contributed by atoms with E-state index in [0.717, 1.165) is 48.7 Å². The first-order valence-corrected chi connectivity index (χ1v) is 11.2. The van der Waals surface area contributed by atoms with Gasteiger partial charge in [-0.1, -0.05) is 23.9 Å². The summed E-state index contributed by atoms with van der Waals surface area (Å²) in [6.45, 7) is 5.37. The summed E-state index contributed by atoms with van der Waals surface area (Å²) < 4.78 is 20.8. The van der Waals surface area contributed by atoms with Crippen LogP contribution in [0.1, 0.15) is 37.3 Å². The number of nitrogens with zero attached hydrogens (tertiary/aromatic N) is 5. The highest BCUT2D eigenvalue weighted by Crippen LogP contribution is 2.58. The first-order valence-electron chi connectivity index (χ1n) is 10.2. The summed E-state index contributed by atoms with van der Waals surface area (Å²) in [5.74, 6) is 2.42. The lowest BCUT2D eigenvalue weighted by Crippen LogP contribution is -2.27. The number of halogens is 1. The molecule has 2 aromatic rings. The molecule has 5 rings (SSSR count). The first kappa shape index (κ1) is 19.1. The van der Waals surface area contributed by atoms with Crippen molar-refractivity contribution in [3.8, 4) is 0 Å². The molecule has 1 aromatic carbocycles. The second-order valence-corrected chi connectivity index (χ2v) is 9.51. The second kappa shape index (κ2) is 7.40. The Hall–Kier alpha value is -1.93. The van der Waals surface area contributed by atoms with Crippen LogP contribution in [0.25, 0.3) is 0 Å². The van der Waals surface area contributed by atoms with E-state index in [0.29, 0.717) is 0 Å². The van der Waals surface area contributed by atoms with Gasteiger partial charge in [0.2, 0.25) is 0 Å². The monoisotopic (exact) mass is 415 g/mol. The molecule has 1 aromatic heterocycles. The molecule has 2 fully saturated rings. The van der Waals surface area contributed by atoms with Crippen molar-refractivity contribution in [3.63, 3.8) is 0 Å². The molecule has 0 spiro atoms. The molecular formula is C21H26FN5OS. The van der Waals surface area contributed by atoms with E-state index >= 15 is 0 Å². The normalized spacial score (nSPS) is 30.5. The van der Waals surface area contributed by atoms with Gasteiger partial charge in [0.25, 0.3) is 0 Å². The van der Waals surface area contributed by atoms with E-state index in [1.54, 1.807) is 23.9 Å². The minimum absolute atomic E-state index is 0.0748. The third kappa shape index (κ3) is 3.46. The van der Waals surface area contributed by atoms with Crippen molar-refractivity contribution in [1.29, 1.82) is 0 Å². The molecule has 0 radical (unpaired) electrons. The minimum Gasteiger partial charge on any atom is -0.470 e. The minimum atomic E-state index is -0.150.